The lowest BCUT2D eigenvalue weighted by molar-refractivity contribution is -0.116. The highest BCUT2D eigenvalue weighted by Gasteiger charge is 2.19. The SMILES string of the molecule is CCC(C)(O)CNc1cc2c(cc1N)CCC(=O)N2. The van der Waals surface area contributed by atoms with Crippen LogP contribution in [-0.4, -0.2) is 23.2 Å². The Kier molecular flexibility index (Phi) is 3.66. The fourth-order valence-corrected chi connectivity index (χ4v) is 2.01. The van der Waals surface area contributed by atoms with Crippen molar-refractivity contribution in [1.82, 2.24) is 0 Å². The third kappa shape index (κ3) is 3.17. The van der Waals surface area contributed by atoms with E-state index in [0.29, 0.717) is 25.1 Å². The normalized spacial score (nSPS) is 17.3. The zero-order valence-corrected chi connectivity index (χ0v) is 11.4. The number of carbonyl (C=O) groups excluding carboxylic acids is 1. The van der Waals surface area contributed by atoms with Crippen molar-refractivity contribution in [2.75, 3.05) is 22.9 Å². The molecule has 1 atom stereocenters. The van der Waals surface area contributed by atoms with Gasteiger partial charge in [0.25, 0.3) is 0 Å². The summed E-state index contributed by atoms with van der Waals surface area (Å²) in [6.07, 6.45) is 1.88. The molecule has 19 heavy (non-hydrogen) atoms. The molecule has 1 aromatic rings. The smallest absolute Gasteiger partial charge is 0.224 e. The number of hydrogen-bond acceptors (Lipinski definition) is 4. The van der Waals surface area contributed by atoms with Gasteiger partial charge < -0.3 is 21.5 Å². The second kappa shape index (κ2) is 5.09. The molecule has 5 N–H and O–H groups in total. The van der Waals surface area contributed by atoms with Gasteiger partial charge in [-0.3, -0.25) is 4.79 Å². The van der Waals surface area contributed by atoms with Crippen molar-refractivity contribution >= 4 is 23.0 Å². The third-order valence-corrected chi connectivity index (χ3v) is 3.59. The van der Waals surface area contributed by atoms with Crippen LogP contribution in [0.1, 0.15) is 32.3 Å². The first-order valence-corrected chi connectivity index (χ1v) is 6.60. The number of fused-ring (bicyclic) bond motifs is 1. The highest BCUT2D eigenvalue weighted by molar-refractivity contribution is 5.95. The largest absolute Gasteiger partial charge is 0.397 e. The molecule has 104 valence electrons. The van der Waals surface area contributed by atoms with E-state index >= 15 is 0 Å². The average Bonchev–Trinajstić information content (AvgIpc) is 2.37. The molecule has 1 heterocycles. The lowest BCUT2D eigenvalue weighted by atomic mass is 10.0. The summed E-state index contributed by atoms with van der Waals surface area (Å²) in [5.74, 6) is 0.0313. The van der Waals surface area contributed by atoms with Gasteiger partial charge in [0.2, 0.25) is 5.91 Å². The van der Waals surface area contributed by atoms with Crippen LogP contribution >= 0.6 is 0 Å². The number of anilines is 3. The standard InChI is InChI=1S/C14H21N3O2/c1-3-14(2,19)8-16-12-7-11-9(6-10(12)15)4-5-13(18)17-11/h6-7,16,19H,3-5,8,15H2,1-2H3,(H,17,18). The van der Waals surface area contributed by atoms with Crippen molar-refractivity contribution in [1.29, 1.82) is 0 Å². The monoisotopic (exact) mass is 263 g/mol. The molecular weight excluding hydrogens is 242 g/mol. The Morgan fingerprint density at radius 3 is 2.89 bits per heavy atom. The van der Waals surface area contributed by atoms with Crippen molar-refractivity contribution in [3.8, 4) is 0 Å². The molecule has 2 rings (SSSR count). The summed E-state index contributed by atoms with van der Waals surface area (Å²) in [7, 11) is 0. The Balaban J connectivity index is 2.18. The molecule has 0 saturated heterocycles. The second-order valence-electron chi connectivity index (χ2n) is 5.35. The maximum absolute atomic E-state index is 11.4. The number of aryl methyl sites for hydroxylation is 1. The van der Waals surface area contributed by atoms with E-state index < -0.39 is 5.60 Å². The molecule has 0 fully saturated rings. The number of benzene rings is 1. The zero-order valence-electron chi connectivity index (χ0n) is 11.4. The van der Waals surface area contributed by atoms with E-state index in [1.54, 1.807) is 6.92 Å². The van der Waals surface area contributed by atoms with Gasteiger partial charge in [-0.05, 0) is 37.5 Å². The van der Waals surface area contributed by atoms with Crippen LogP contribution in [0.25, 0.3) is 0 Å². The Bertz CT molecular complexity index is 498. The third-order valence-electron chi connectivity index (χ3n) is 3.59. The summed E-state index contributed by atoms with van der Waals surface area (Å²) in [4.78, 5) is 11.4. The number of nitrogens with two attached hydrogens (primary N) is 1. The second-order valence-corrected chi connectivity index (χ2v) is 5.35. The predicted octanol–water partition coefficient (Wildman–Crippen LogP) is 1.73. The Morgan fingerprint density at radius 2 is 2.21 bits per heavy atom. The van der Waals surface area contributed by atoms with E-state index in [2.05, 4.69) is 10.6 Å². The van der Waals surface area contributed by atoms with Gasteiger partial charge in [0.05, 0.1) is 17.0 Å². The Morgan fingerprint density at radius 1 is 1.47 bits per heavy atom. The van der Waals surface area contributed by atoms with Gasteiger partial charge in [0, 0.05) is 18.7 Å². The van der Waals surface area contributed by atoms with Gasteiger partial charge in [-0.1, -0.05) is 6.92 Å². The van der Waals surface area contributed by atoms with E-state index in [0.717, 1.165) is 23.4 Å². The zero-order chi connectivity index (χ0) is 14.0. The summed E-state index contributed by atoms with van der Waals surface area (Å²) >= 11 is 0. The van der Waals surface area contributed by atoms with Crippen LogP contribution in [0.3, 0.4) is 0 Å². The first-order valence-electron chi connectivity index (χ1n) is 6.60. The summed E-state index contributed by atoms with van der Waals surface area (Å²) in [6.45, 7) is 4.12. The molecule has 5 nitrogen and oxygen atoms in total. The van der Waals surface area contributed by atoms with Crippen LogP contribution < -0.4 is 16.4 Å². The lowest BCUT2D eigenvalue weighted by Gasteiger charge is -2.24. The minimum atomic E-state index is -0.772. The first-order chi connectivity index (χ1) is 8.91. The molecule has 0 spiro atoms. The number of carbonyl (C=O) groups is 1. The fraction of sp³-hybridized carbons (Fsp3) is 0.500. The van der Waals surface area contributed by atoms with Gasteiger partial charge in [-0.25, -0.2) is 0 Å². The van der Waals surface area contributed by atoms with Crippen LogP contribution in [0, 0.1) is 0 Å². The summed E-state index contributed by atoms with van der Waals surface area (Å²) in [6, 6.07) is 3.73. The van der Waals surface area contributed by atoms with E-state index in [9.17, 15) is 9.90 Å². The molecule has 0 bridgehead atoms. The highest BCUT2D eigenvalue weighted by Crippen LogP contribution is 2.31. The molecule has 1 aliphatic rings. The van der Waals surface area contributed by atoms with Gasteiger partial charge in [-0.15, -0.1) is 0 Å². The molecular formula is C14H21N3O2. The topological polar surface area (TPSA) is 87.4 Å². The van der Waals surface area contributed by atoms with Crippen molar-refractivity contribution in [2.45, 2.75) is 38.7 Å². The fourth-order valence-electron chi connectivity index (χ4n) is 2.01. The summed E-state index contributed by atoms with van der Waals surface area (Å²) in [5.41, 5.74) is 8.48. The lowest BCUT2D eigenvalue weighted by Crippen LogP contribution is -2.32. The number of nitrogens with one attached hydrogen (secondary N) is 2. The quantitative estimate of drug-likeness (QED) is 0.623. The number of nitrogen functional groups attached to an aromatic ring is 1. The summed E-state index contributed by atoms with van der Waals surface area (Å²) in [5, 5.41) is 16.0. The molecule has 0 aromatic heterocycles. The minimum Gasteiger partial charge on any atom is -0.397 e. The van der Waals surface area contributed by atoms with Gasteiger partial charge in [0.1, 0.15) is 0 Å². The van der Waals surface area contributed by atoms with E-state index in [4.69, 9.17) is 5.73 Å². The van der Waals surface area contributed by atoms with Crippen molar-refractivity contribution in [3.05, 3.63) is 17.7 Å². The minimum absolute atomic E-state index is 0.0313. The Labute approximate surface area is 113 Å². The van der Waals surface area contributed by atoms with Gasteiger partial charge in [0.15, 0.2) is 0 Å². The maximum Gasteiger partial charge on any atom is 0.224 e. The van der Waals surface area contributed by atoms with Crippen LogP contribution in [0.4, 0.5) is 17.1 Å². The van der Waals surface area contributed by atoms with Crippen molar-refractivity contribution < 1.29 is 9.90 Å². The highest BCUT2D eigenvalue weighted by atomic mass is 16.3. The molecule has 1 aromatic carbocycles. The van der Waals surface area contributed by atoms with Crippen LogP contribution in [-0.2, 0) is 11.2 Å². The maximum atomic E-state index is 11.4. The molecule has 0 aliphatic carbocycles. The Hall–Kier alpha value is -1.75. The van der Waals surface area contributed by atoms with Crippen LogP contribution in [0.2, 0.25) is 0 Å². The predicted molar refractivity (Wildman–Crippen MR) is 77.2 cm³/mol. The molecule has 5 heteroatoms. The van der Waals surface area contributed by atoms with Crippen molar-refractivity contribution in [3.63, 3.8) is 0 Å². The number of rotatable bonds is 4. The van der Waals surface area contributed by atoms with Gasteiger partial charge in [-0.2, -0.15) is 0 Å². The molecule has 0 saturated carbocycles. The van der Waals surface area contributed by atoms with Crippen LogP contribution in [0.5, 0.6) is 0 Å². The molecule has 1 aliphatic heterocycles. The molecule has 1 unspecified atom stereocenters. The molecule has 0 radical (unpaired) electrons. The first kappa shape index (κ1) is 13.7. The van der Waals surface area contributed by atoms with E-state index in [1.807, 2.05) is 19.1 Å². The number of aliphatic hydroxyl groups is 1. The van der Waals surface area contributed by atoms with Crippen LogP contribution in [0.15, 0.2) is 12.1 Å². The average molecular weight is 263 g/mol. The van der Waals surface area contributed by atoms with E-state index in [-0.39, 0.29) is 5.91 Å². The van der Waals surface area contributed by atoms with E-state index in [1.165, 1.54) is 0 Å². The van der Waals surface area contributed by atoms with Crippen molar-refractivity contribution in [2.24, 2.45) is 0 Å². The van der Waals surface area contributed by atoms with Gasteiger partial charge >= 0.3 is 0 Å². The number of hydrogen-bond donors (Lipinski definition) is 4. The summed E-state index contributed by atoms with van der Waals surface area (Å²) < 4.78 is 0. The number of amides is 1. The molecule has 1 amide bonds.